The van der Waals surface area contributed by atoms with E-state index in [0.29, 0.717) is 13.0 Å². The Balaban J connectivity index is 2.04. The van der Waals surface area contributed by atoms with Crippen molar-refractivity contribution in [2.45, 2.75) is 32.9 Å². The predicted molar refractivity (Wildman–Crippen MR) is 50.3 cm³/mol. The van der Waals surface area contributed by atoms with Gasteiger partial charge in [-0.05, 0) is 6.42 Å². The Bertz CT molecular complexity index is 333. The average molecular weight is 194 g/mol. The van der Waals surface area contributed by atoms with Gasteiger partial charge < -0.3 is 4.90 Å². The Hall–Kier alpha value is -1.39. The summed E-state index contributed by atoms with van der Waals surface area (Å²) in [5.41, 5.74) is 0. The molecule has 1 amide bonds. The van der Waals surface area contributed by atoms with E-state index in [4.69, 9.17) is 0 Å². The van der Waals surface area contributed by atoms with Gasteiger partial charge in [0.15, 0.2) is 0 Å². The molecule has 14 heavy (non-hydrogen) atoms. The number of hydrogen-bond donors (Lipinski definition) is 0. The molecule has 2 heterocycles. The Kier molecular flexibility index (Phi) is 2.47. The minimum atomic E-state index is 0.224. The van der Waals surface area contributed by atoms with Crippen LogP contribution in [0.5, 0.6) is 0 Å². The number of nitrogens with zero attached hydrogens (tertiary/aromatic N) is 4. The SMILES string of the molecule is CCCC(=O)N1CCn2ncnc2C1. The van der Waals surface area contributed by atoms with E-state index >= 15 is 0 Å². The van der Waals surface area contributed by atoms with Gasteiger partial charge >= 0.3 is 0 Å². The van der Waals surface area contributed by atoms with Gasteiger partial charge in [-0.1, -0.05) is 6.92 Å². The van der Waals surface area contributed by atoms with Gasteiger partial charge in [-0.25, -0.2) is 9.67 Å². The molecular weight excluding hydrogens is 180 g/mol. The third-order valence-electron chi connectivity index (χ3n) is 2.43. The molecule has 76 valence electrons. The smallest absolute Gasteiger partial charge is 0.223 e. The van der Waals surface area contributed by atoms with Crippen molar-refractivity contribution in [3.63, 3.8) is 0 Å². The fraction of sp³-hybridized carbons (Fsp3) is 0.667. The van der Waals surface area contributed by atoms with E-state index in [0.717, 1.165) is 25.3 Å². The zero-order valence-corrected chi connectivity index (χ0v) is 8.31. The average Bonchev–Trinajstić information content (AvgIpc) is 2.64. The second-order valence-corrected chi connectivity index (χ2v) is 3.46. The fourth-order valence-electron chi connectivity index (χ4n) is 1.65. The van der Waals surface area contributed by atoms with E-state index in [9.17, 15) is 4.79 Å². The molecule has 5 heteroatoms. The first kappa shape index (κ1) is 9.18. The van der Waals surface area contributed by atoms with Crippen LogP contribution in [0.25, 0.3) is 0 Å². The molecule has 0 saturated carbocycles. The maximum Gasteiger partial charge on any atom is 0.223 e. The monoisotopic (exact) mass is 194 g/mol. The van der Waals surface area contributed by atoms with E-state index in [1.54, 1.807) is 6.33 Å². The molecule has 1 aliphatic rings. The second kappa shape index (κ2) is 3.77. The summed E-state index contributed by atoms with van der Waals surface area (Å²) in [4.78, 5) is 17.6. The summed E-state index contributed by atoms with van der Waals surface area (Å²) < 4.78 is 1.86. The summed E-state index contributed by atoms with van der Waals surface area (Å²) in [7, 11) is 0. The van der Waals surface area contributed by atoms with Crippen LogP contribution in [-0.2, 0) is 17.9 Å². The summed E-state index contributed by atoms with van der Waals surface area (Å²) in [6, 6.07) is 0. The van der Waals surface area contributed by atoms with Gasteiger partial charge in [0.2, 0.25) is 5.91 Å². The van der Waals surface area contributed by atoms with Gasteiger partial charge in [0.1, 0.15) is 12.2 Å². The summed E-state index contributed by atoms with van der Waals surface area (Å²) >= 11 is 0. The molecule has 0 radical (unpaired) electrons. The molecule has 0 aromatic carbocycles. The van der Waals surface area contributed by atoms with E-state index in [-0.39, 0.29) is 5.91 Å². The Morgan fingerprint density at radius 3 is 3.21 bits per heavy atom. The highest BCUT2D eigenvalue weighted by Gasteiger charge is 2.20. The van der Waals surface area contributed by atoms with Gasteiger partial charge in [0.05, 0.1) is 13.1 Å². The van der Waals surface area contributed by atoms with Crippen LogP contribution in [0.2, 0.25) is 0 Å². The molecule has 0 atom stereocenters. The first-order valence-corrected chi connectivity index (χ1v) is 4.95. The van der Waals surface area contributed by atoms with Crippen LogP contribution in [0.4, 0.5) is 0 Å². The van der Waals surface area contributed by atoms with Crippen molar-refractivity contribution in [1.82, 2.24) is 19.7 Å². The van der Waals surface area contributed by atoms with Crippen molar-refractivity contribution in [1.29, 1.82) is 0 Å². The molecule has 0 fully saturated rings. The van der Waals surface area contributed by atoms with Crippen molar-refractivity contribution in [2.24, 2.45) is 0 Å². The molecule has 1 aliphatic heterocycles. The molecular formula is C9H14N4O. The lowest BCUT2D eigenvalue weighted by Gasteiger charge is -2.26. The van der Waals surface area contributed by atoms with Gasteiger partial charge in [-0.15, -0.1) is 0 Å². The maximum atomic E-state index is 11.6. The first-order valence-electron chi connectivity index (χ1n) is 4.95. The predicted octanol–water partition coefficient (Wildman–Crippen LogP) is 0.420. The van der Waals surface area contributed by atoms with Gasteiger partial charge in [-0.2, -0.15) is 5.10 Å². The van der Waals surface area contributed by atoms with Crippen molar-refractivity contribution in [2.75, 3.05) is 6.54 Å². The third-order valence-corrected chi connectivity index (χ3v) is 2.43. The van der Waals surface area contributed by atoms with Crippen molar-refractivity contribution in [3.05, 3.63) is 12.2 Å². The molecule has 5 nitrogen and oxygen atoms in total. The highest BCUT2D eigenvalue weighted by molar-refractivity contribution is 5.76. The fourth-order valence-corrected chi connectivity index (χ4v) is 1.65. The maximum absolute atomic E-state index is 11.6. The van der Waals surface area contributed by atoms with E-state index in [2.05, 4.69) is 10.1 Å². The number of hydrogen-bond acceptors (Lipinski definition) is 3. The largest absolute Gasteiger partial charge is 0.333 e. The number of carbonyl (C=O) groups excluding carboxylic acids is 1. The van der Waals surface area contributed by atoms with Crippen molar-refractivity contribution in [3.8, 4) is 0 Å². The first-order chi connectivity index (χ1) is 6.81. The highest BCUT2D eigenvalue weighted by atomic mass is 16.2. The molecule has 0 unspecified atom stereocenters. The molecule has 1 aromatic rings. The van der Waals surface area contributed by atoms with Crippen LogP contribution in [0, 0.1) is 0 Å². The quantitative estimate of drug-likeness (QED) is 0.685. The molecule has 0 saturated heterocycles. The van der Waals surface area contributed by atoms with Gasteiger partial charge in [0.25, 0.3) is 0 Å². The third kappa shape index (κ3) is 1.62. The zero-order chi connectivity index (χ0) is 9.97. The van der Waals surface area contributed by atoms with Gasteiger partial charge in [-0.3, -0.25) is 4.79 Å². The standard InChI is InChI=1S/C9H14N4O/c1-2-3-9(14)12-4-5-13-8(6-12)10-7-11-13/h7H,2-6H2,1H3. The van der Waals surface area contributed by atoms with Crippen LogP contribution in [0.1, 0.15) is 25.6 Å². The van der Waals surface area contributed by atoms with Crippen LogP contribution in [0.3, 0.4) is 0 Å². The molecule has 0 aliphatic carbocycles. The summed E-state index contributed by atoms with van der Waals surface area (Å²) in [5.74, 6) is 1.11. The van der Waals surface area contributed by atoms with E-state index < -0.39 is 0 Å². The minimum absolute atomic E-state index is 0.224. The molecule has 0 N–H and O–H groups in total. The zero-order valence-electron chi connectivity index (χ0n) is 8.31. The van der Waals surface area contributed by atoms with E-state index in [1.807, 2.05) is 16.5 Å². The van der Waals surface area contributed by atoms with Crippen LogP contribution >= 0.6 is 0 Å². The lowest BCUT2D eigenvalue weighted by molar-refractivity contribution is -0.132. The molecule has 2 rings (SSSR count). The molecule has 1 aromatic heterocycles. The summed E-state index contributed by atoms with van der Waals surface area (Å²) in [6.45, 7) is 4.16. The van der Waals surface area contributed by atoms with Crippen molar-refractivity contribution < 1.29 is 4.79 Å². The van der Waals surface area contributed by atoms with Crippen molar-refractivity contribution >= 4 is 5.91 Å². The lowest BCUT2D eigenvalue weighted by Crippen LogP contribution is -2.38. The summed E-state index contributed by atoms with van der Waals surface area (Å²) in [5, 5.41) is 4.06. The number of rotatable bonds is 2. The van der Waals surface area contributed by atoms with Crippen LogP contribution in [0.15, 0.2) is 6.33 Å². The molecule has 0 bridgehead atoms. The van der Waals surface area contributed by atoms with E-state index in [1.165, 1.54) is 0 Å². The van der Waals surface area contributed by atoms with Crippen LogP contribution in [-0.4, -0.2) is 32.1 Å². The number of aromatic nitrogens is 3. The summed E-state index contributed by atoms with van der Waals surface area (Å²) in [6.07, 6.45) is 3.08. The number of amides is 1. The minimum Gasteiger partial charge on any atom is -0.333 e. The Morgan fingerprint density at radius 1 is 1.57 bits per heavy atom. The Labute approximate surface area is 82.7 Å². The van der Waals surface area contributed by atoms with Gasteiger partial charge in [0, 0.05) is 13.0 Å². The number of carbonyl (C=O) groups is 1. The second-order valence-electron chi connectivity index (χ2n) is 3.46. The number of fused-ring (bicyclic) bond motifs is 1. The van der Waals surface area contributed by atoms with Crippen LogP contribution < -0.4 is 0 Å². The highest BCUT2D eigenvalue weighted by Crippen LogP contribution is 2.10. The topological polar surface area (TPSA) is 51.0 Å². The lowest BCUT2D eigenvalue weighted by atomic mass is 10.2. The Morgan fingerprint density at radius 2 is 2.43 bits per heavy atom. The normalized spacial score (nSPS) is 15.4. The molecule has 0 spiro atoms.